The number of nitrogens with zero attached hydrogens (tertiary/aromatic N) is 2. The molecule has 2 rings (SSSR count). The molecule has 1 aliphatic rings. The van der Waals surface area contributed by atoms with Gasteiger partial charge in [-0.2, -0.15) is 0 Å². The number of likely N-dealkylation sites (tertiary alicyclic amines) is 1. The predicted octanol–water partition coefficient (Wildman–Crippen LogP) is 0.597. The summed E-state index contributed by atoms with van der Waals surface area (Å²) >= 11 is 0. The summed E-state index contributed by atoms with van der Waals surface area (Å²) in [6.45, 7) is 3.48. The molecule has 1 aromatic heterocycles. The van der Waals surface area contributed by atoms with Gasteiger partial charge in [-0.15, -0.1) is 0 Å². The molecular weight excluding hydrogens is 236 g/mol. The lowest BCUT2D eigenvalue weighted by atomic mass is 10.1. The molecule has 1 aromatic rings. The molecule has 0 aliphatic carbocycles. The molecule has 1 N–H and O–H groups in total. The van der Waals surface area contributed by atoms with E-state index in [0.29, 0.717) is 31.2 Å². The first kappa shape index (κ1) is 13.0. The highest BCUT2D eigenvalue weighted by Gasteiger charge is 2.25. The van der Waals surface area contributed by atoms with Gasteiger partial charge < -0.3 is 19.3 Å². The minimum atomic E-state index is -0.115. The van der Waals surface area contributed by atoms with E-state index in [1.807, 2.05) is 0 Å². The van der Waals surface area contributed by atoms with Crippen LogP contribution in [0.15, 0.2) is 10.6 Å². The van der Waals surface area contributed by atoms with Gasteiger partial charge >= 0.3 is 0 Å². The number of aromatic nitrogens is 1. The standard InChI is InChI=1S/C12H18N2O4/c1-9-8-11(18-13-9)12(16)14-4-2-10(3-5-14)17-7-6-15/h8,10,15H,2-7H2,1H3. The first-order chi connectivity index (χ1) is 8.70. The van der Waals surface area contributed by atoms with Gasteiger partial charge in [0.2, 0.25) is 5.76 Å². The largest absolute Gasteiger partial charge is 0.394 e. The Morgan fingerprint density at radius 1 is 1.61 bits per heavy atom. The molecule has 0 spiro atoms. The van der Waals surface area contributed by atoms with Gasteiger partial charge in [-0.1, -0.05) is 5.16 Å². The molecule has 0 unspecified atom stereocenters. The van der Waals surface area contributed by atoms with Gasteiger partial charge in [0.15, 0.2) is 0 Å². The van der Waals surface area contributed by atoms with Gasteiger partial charge in [-0.3, -0.25) is 4.79 Å². The smallest absolute Gasteiger partial charge is 0.292 e. The summed E-state index contributed by atoms with van der Waals surface area (Å²) in [5, 5.41) is 12.4. The van der Waals surface area contributed by atoms with E-state index in [9.17, 15) is 4.79 Å². The predicted molar refractivity (Wildman–Crippen MR) is 63.2 cm³/mol. The van der Waals surface area contributed by atoms with Crippen molar-refractivity contribution in [1.29, 1.82) is 0 Å². The van der Waals surface area contributed by atoms with Gasteiger partial charge in [0.05, 0.1) is 25.0 Å². The Balaban J connectivity index is 1.84. The molecule has 0 aromatic carbocycles. The Bertz CT molecular complexity index is 397. The normalized spacial score (nSPS) is 17.1. The number of hydrogen-bond donors (Lipinski definition) is 1. The molecule has 18 heavy (non-hydrogen) atoms. The minimum absolute atomic E-state index is 0.0382. The highest BCUT2D eigenvalue weighted by atomic mass is 16.5. The van der Waals surface area contributed by atoms with Gasteiger partial charge in [0, 0.05) is 19.2 Å². The molecule has 0 saturated carbocycles. The van der Waals surface area contributed by atoms with Crippen molar-refractivity contribution in [2.75, 3.05) is 26.3 Å². The second kappa shape index (κ2) is 5.97. The maximum Gasteiger partial charge on any atom is 0.292 e. The molecular formula is C12H18N2O4. The number of aliphatic hydroxyl groups excluding tert-OH is 1. The Hall–Kier alpha value is -1.40. The summed E-state index contributed by atoms with van der Waals surface area (Å²) < 4.78 is 10.4. The van der Waals surface area contributed by atoms with E-state index in [4.69, 9.17) is 14.4 Å². The molecule has 0 atom stereocenters. The van der Waals surface area contributed by atoms with Gasteiger partial charge in [0.25, 0.3) is 5.91 Å². The minimum Gasteiger partial charge on any atom is -0.394 e. The van der Waals surface area contributed by atoms with Crippen LogP contribution in [0.3, 0.4) is 0 Å². The van der Waals surface area contributed by atoms with E-state index in [-0.39, 0.29) is 18.6 Å². The van der Waals surface area contributed by atoms with E-state index < -0.39 is 0 Å². The number of rotatable bonds is 4. The van der Waals surface area contributed by atoms with E-state index in [0.717, 1.165) is 12.8 Å². The molecule has 1 saturated heterocycles. The first-order valence-corrected chi connectivity index (χ1v) is 6.15. The van der Waals surface area contributed by atoms with E-state index >= 15 is 0 Å². The Morgan fingerprint density at radius 3 is 2.89 bits per heavy atom. The summed E-state index contributed by atoms with van der Waals surface area (Å²) in [6, 6.07) is 1.65. The van der Waals surface area contributed by atoms with Crippen LogP contribution in [-0.2, 0) is 4.74 Å². The van der Waals surface area contributed by atoms with Crippen LogP contribution in [0.1, 0.15) is 29.1 Å². The zero-order valence-corrected chi connectivity index (χ0v) is 10.5. The van der Waals surface area contributed by atoms with Crippen LogP contribution in [0.2, 0.25) is 0 Å². The second-order valence-corrected chi connectivity index (χ2v) is 4.42. The third-order valence-electron chi connectivity index (χ3n) is 3.01. The topological polar surface area (TPSA) is 75.8 Å². The fourth-order valence-corrected chi connectivity index (χ4v) is 2.07. The first-order valence-electron chi connectivity index (χ1n) is 6.15. The van der Waals surface area contributed by atoms with Crippen LogP contribution < -0.4 is 0 Å². The lowest BCUT2D eigenvalue weighted by Gasteiger charge is -2.31. The fraction of sp³-hybridized carbons (Fsp3) is 0.667. The van der Waals surface area contributed by atoms with Gasteiger partial charge in [-0.05, 0) is 19.8 Å². The molecule has 0 bridgehead atoms. The van der Waals surface area contributed by atoms with Crippen molar-refractivity contribution in [3.8, 4) is 0 Å². The van der Waals surface area contributed by atoms with Crippen LogP contribution in [0.5, 0.6) is 0 Å². The number of carbonyl (C=O) groups is 1. The molecule has 6 heteroatoms. The van der Waals surface area contributed by atoms with Gasteiger partial charge in [0.1, 0.15) is 0 Å². The number of aliphatic hydroxyl groups is 1. The lowest BCUT2D eigenvalue weighted by molar-refractivity contribution is -0.00621. The molecule has 1 aliphatic heterocycles. The monoisotopic (exact) mass is 254 g/mol. The van der Waals surface area contributed by atoms with Crippen molar-refractivity contribution >= 4 is 5.91 Å². The highest BCUT2D eigenvalue weighted by Crippen LogP contribution is 2.16. The summed E-state index contributed by atoms with van der Waals surface area (Å²) in [4.78, 5) is 13.8. The molecule has 100 valence electrons. The van der Waals surface area contributed by atoms with E-state index in [1.165, 1.54) is 0 Å². The molecule has 1 fully saturated rings. The van der Waals surface area contributed by atoms with Crippen LogP contribution >= 0.6 is 0 Å². The zero-order chi connectivity index (χ0) is 13.0. The lowest BCUT2D eigenvalue weighted by Crippen LogP contribution is -2.41. The van der Waals surface area contributed by atoms with Crippen LogP contribution in [-0.4, -0.2) is 53.5 Å². The van der Waals surface area contributed by atoms with Crippen molar-refractivity contribution in [2.45, 2.75) is 25.9 Å². The molecule has 1 amide bonds. The third kappa shape index (κ3) is 3.08. The second-order valence-electron chi connectivity index (χ2n) is 4.42. The Morgan fingerprint density at radius 2 is 2.33 bits per heavy atom. The number of piperidine rings is 1. The molecule has 0 radical (unpaired) electrons. The summed E-state index contributed by atoms with van der Waals surface area (Å²) in [6.07, 6.45) is 1.72. The number of amides is 1. The van der Waals surface area contributed by atoms with Crippen molar-refractivity contribution in [1.82, 2.24) is 10.1 Å². The number of carbonyl (C=O) groups excluding carboxylic acids is 1. The van der Waals surface area contributed by atoms with Gasteiger partial charge in [-0.25, -0.2) is 0 Å². The van der Waals surface area contributed by atoms with Crippen molar-refractivity contribution < 1.29 is 19.2 Å². The number of hydrogen-bond acceptors (Lipinski definition) is 5. The van der Waals surface area contributed by atoms with Crippen LogP contribution in [0.25, 0.3) is 0 Å². The molecule has 2 heterocycles. The maximum absolute atomic E-state index is 12.0. The zero-order valence-electron chi connectivity index (χ0n) is 10.5. The average molecular weight is 254 g/mol. The van der Waals surface area contributed by atoms with E-state index in [1.54, 1.807) is 17.9 Å². The number of ether oxygens (including phenoxy) is 1. The quantitative estimate of drug-likeness (QED) is 0.851. The average Bonchev–Trinajstić information content (AvgIpc) is 2.83. The Labute approximate surface area is 106 Å². The van der Waals surface area contributed by atoms with Crippen molar-refractivity contribution in [3.63, 3.8) is 0 Å². The highest BCUT2D eigenvalue weighted by molar-refractivity contribution is 5.91. The molecule has 6 nitrogen and oxygen atoms in total. The van der Waals surface area contributed by atoms with Crippen LogP contribution in [0.4, 0.5) is 0 Å². The summed E-state index contributed by atoms with van der Waals surface area (Å²) in [5.41, 5.74) is 0.708. The van der Waals surface area contributed by atoms with Crippen molar-refractivity contribution in [3.05, 3.63) is 17.5 Å². The summed E-state index contributed by atoms with van der Waals surface area (Å²) in [5.74, 6) is 0.179. The van der Waals surface area contributed by atoms with Crippen LogP contribution in [0, 0.1) is 6.92 Å². The Kier molecular flexibility index (Phi) is 4.33. The fourth-order valence-electron chi connectivity index (χ4n) is 2.07. The number of aryl methyl sites for hydroxylation is 1. The SMILES string of the molecule is Cc1cc(C(=O)N2CCC(OCCO)CC2)on1. The van der Waals surface area contributed by atoms with Crippen molar-refractivity contribution in [2.24, 2.45) is 0 Å². The summed E-state index contributed by atoms with van der Waals surface area (Å²) in [7, 11) is 0. The maximum atomic E-state index is 12.0. The third-order valence-corrected chi connectivity index (χ3v) is 3.01. The van der Waals surface area contributed by atoms with E-state index in [2.05, 4.69) is 5.16 Å².